The maximum atomic E-state index is 14.2. The molecule has 176 valence electrons. The van der Waals surface area contributed by atoms with Gasteiger partial charge in [-0.15, -0.1) is 0 Å². The zero-order chi connectivity index (χ0) is 23.8. The lowest BCUT2D eigenvalue weighted by Crippen LogP contribution is -2.21. The minimum absolute atomic E-state index is 0.0156. The fourth-order valence-electron chi connectivity index (χ4n) is 4.75. The van der Waals surface area contributed by atoms with Crippen molar-refractivity contribution < 1.29 is 23.8 Å². The van der Waals surface area contributed by atoms with Crippen molar-refractivity contribution in [2.24, 2.45) is 11.8 Å². The van der Waals surface area contributed by atoms with Crippen molar-refractivity contribution in [2.45, 2.75) is 44.6 Å². The molecule has 0 saturated heterocycles. The number of halogens is 1. The molecule has 3 heterocycles. The van der Waals surface area contributed by atoms with Gasteiger partial charge in [0, 0.05) is 11.6 Å². The molecule has 1 N–H and O–H groups in total. The average molecular weight is 464 g/mol. The summed E-state index contributed by atoms with van der Waals surface area (Å²) in [4.78, 5) is 24.4. The van der Waals surface area contributed by atoms with E-state index in [0.29, 0.717) is 23.2 Å². The Morgan fingerprint density at radius 2 is 1.97 bits per heavy atom. The van der Waals surface area contributed by atoms with E-state index in [2.05, 4.69) is 27.1 Å². The third-order valence-electron chi connectivity index (χ3n) is 6.80. The number of fused-ring (bicyclic) bond motifs is 1. The van der Waals surface area contributed by atoms with E-state index in [-0.39, 0.29) is 17.6 Å². The highest BCUT2D eigenvalue weighted by Gasteiger charge is 2.39. The summed E-state index contributed by atoms with van der Waals surface area (Å²) < 4.78 is 25.6. The second-order valence-corrected chi connectivity index (χ2v) is 9.04. The van der Waals surface area contributed by atoms with Crippen LogP contribution in [0.2, 0.25) is 0 Å². The number of hydrogen-bond donors (Lipinski definition) is 1. The molecule has 0 spiro atoms. The molecule has 0 radical (unpaired) electrons. The number of pyridine rings is 1. The lowest BCUT2D eigenvalue weighted by molar-refractivity contribution is -0.142. The van der Waals surface area contributed by atoms with E-state index in [9.17, 15) is 14.3 Å². The Morgan fingerprint density at radius 1 is 1.15 bits per heavy atom. The second-order valence-electron chi connectivity index (χ2n) is 9.04. The highest BCUT2D eigenvalue weighted by atomic mass is 19.1. The molecule has 1 saturated carbocycles. The molecule has 3 aromatic rings. The predicted molar refractivity (Wildman–Crippen MR) is 122 cm³/mol. The number of carbonyl (C=O) groups is 1. The number of methoxy groups -OCH3 is 1. The molecule has 34 heavy (non-hydrogen) atoms. The predicted octanol–water partition coefficient (Wildman–Crippen LogP) is 4.97. The molecular formula is C26H26FN3O4. The maximum absolute atomic E-state index is 14.2. The van der Waals surface area contributed by atoms with Crippen LogP contribution in [0.25, 0.3) is 11.3 Å². The number of carboxylic acids is 1. The first-order valence-electron chi connectivity index (χ1n) is 11.5. The smallest absolute Gasteiger partial charge is 0.306 e. The molecule has 2 aromatic heterocycles. The molecule has 8 heteroatoms. The summed E-state index contributed by atoms with van der Waals surface area (Å²) in [5, 5.41) is 9.59. The monoisotopic (exact) mass is 463 g/mol. The van der Waals surface area contributed by atoms with Crippen LogP contribution in [0.15, 0.2) is 42.9 Å². The minimum atomic E-state index is -0.771. The maximum Gasteiger partial charge on any atom is 0.306 e. The Bertz CT molecular complexity index is 1210. The van der Waals surface area contributed by atoms with Gasteiger partial charge in [0.05, 0.1) is 43.0 Å². The van der Waals surface area contributed by atoms with Crippen LogP contribution in [0.3, 0.4) is 0 Å². The van der Waals surface area contributed by atoms with Gasteiger partial charge in [-0.2, -0.15) is 0 Å². The van der Waals surface area contributed by atoms with Gasteiger partial charge in [-0.3, -0.25) is 14.8 Å². The van der Waals surface area contributed by atoms with E-state index in [1.807, 2.05) is 6.07 Å². The lowest BCUT2D eigenvalue weighted by atomic mass is 9.82. The Hall–Kier alpha value is -3.55. The number of ether oxygens (including phenoxy) is 2. The minimum Gasteiger partial charge on any atom is -0.484 e. The van der Waals surface area contributed by atoms with Crippen molar-refractivity contribution in [3.05, 3.63) is 65.5 Å². The van der Waals surface area contributed by atoms with Gasteiger partial charge in [0.1, 0.15) is 11.9 Å². The van der Waals surface area contributed by atoms with Gasteiger partial charge < -0.3 is 14.6 Å². The molecule has 1 aromatic carbocycles. The van der Waals surface area contributed by atoms with Gasteiger partial charge in [-0.05, 0) is 54.7 Å². The summed E-state index contributed by atoms with van der Waals surface area (Å²) >= 11 is 0. The molecule has 0 amide bonds. The van der Waals surface area contributed by atoms with E-state index in [1.54, 1.807) is 13.1 Å². The third kappa shape index (κ3) is 4.32. The highest BCUT2D eigenvalue weighted by Crippen LogP contribution is 2.48. The Balaban J connectivity index is 1.37. The quantitative estimate of drug-likeness (QED) is 0.529. The van der Waals surface area contributed by atoms with Gasteiger partial charge in [-0.1, -0.05) is 19.1 Å². The topological polar surface area (TPSA) is 94.4 Å². The number of hydrogen-bond acceptors (Lipinski definition) is 6. The molecule has 1 aliphatic carbocycles. The third-order valence-corrected chi connectivity index (χ3v) is 6.80. The van der Waals surface area contributed by atoms with E-state index < -0.39 is 17.7 Å². The fourth-order valence-corrected chi connectivity index (χ4v) is 4.75. The number of carboxylic acid groups (broad SMARTS) is 1. The molecule has 1 fully saturated rings. The molecule has 3 atom stereocenters. The first-order chi connectivity index (χ1) is 16.4. The first-order valence-corrected chi connectivity index (χ1v) is 11.5. The average Bonchev–Trinajstić information content (AvgIpc) is 3.69. The number of aliphatic carboxylic acids is 1. The summed E-state index contributed by atoms with van der Waals surface area (Å²) in [6.07, 6.45) is 7.66. The zero-order valence-electron chi connectivity index (χ0n) is 19.1. The summed E-state index contributed by atoms with van der Waals surface area (Å²) in [7, 11) is 1.47. The van der Waals surface area contributed by atoms with E-state index in [4.69, 9.17) is 9.47 Å². The molecule has 1 aliphatic heterocycles. The molecule has 5 rings (SSSR count). The van der Waals surface area contributed by atoms with Crippen LogP contribution in [0.5, 0.6) is 11.6 Å². The van der Waals surface area contributed by atoms with Crippen molar-refractivity contribution >= 4 is 5.97 Å². The van der Waals surface area contributed by atoms with Crippen LogP contribution in [0.4, 0.5) is 4.39 Å². The molecule has 2 aliphatic rings. The second kappa shape index (κ2) is 9.00. The van der Waals surface area contributed by atoms with Crippen LogP contribution < -0.4 is 9.47 Å². The number of rotatable bonds is 7. The van der Waals surface area contributed by atoms with E-state index in [1.165, 1.54) is 19.4 Å². The number of aryl methyl sites for hydroxylation is 1. The standard InChI is InChI=1S/C26H26FN3O4/c1-14(26(31)32)25(16-4-5-16)17-6-3-15-7-8-22(34-23(15)9-17)21-13-28-20(12-29-21)18-10-24(33-2)30-11-19(18)27/h3,6,9-14,16,22,25H,4-5,7-8H2,1-2H3,(H,31,32)/t14-,22?,25-/m0/s1. The molecule has 0 bridgehead atoms. The van der Waals surface area contributed by atoms with Crippen LogP contribution in [0.1, 0.15) is 55.0 Å². The lowest BCUT2D eigenvalue weighted by Gasteiger charge is -2.28. The van der Waals surface area contributed by atoms with Gasteiger partial charge in [0.25, 0.3) is 0 Å². The number of nitrogens with zero attached hydrogens (tertiary/aromatic N) is 3. The van der Waals surface area contributed by atoms with Crippen molar-refractivity contribution in [1.82, 2.24) is 15.0 Å². The zero-order valence-corrected chi connectivity index (χ0v) is 19.1. The van der Waals surface area contributed by atoms with Gasteiger partial charge >= 0.3 is 5.97 Å². The van der Waals surface area contributed by atoms with Crippen LogP contribution >= 0.6 is 0 Å². The van der Waals surface area contributed by atoms with Crippen LogP contribution in [-0.4, -0.2) is 33.1 Å². The normalized spacial score (nSPS) is 19.0. The summed E-state index contributed by atoms with van der Waals surface area (Å²) in [5.74, 6) is -0.256. The number of aromatic nitrogens is 3. The summed E-state index contributed by atoms with van der Waals surface area (Å²) in [6, 6.07) is 7.60. The van der Waals surface area contributed by atoms with Crippen molar-refractivity contribution in [3.8, 4) is 22.9 Å². The van der Waals surface area contributed by atoms with Crippen LogP contribution in [0, 0.1) is 17.7 Å². The Labute approximate surface area is 197 Å². The van der Waals surface area contributed by atoms with Crippen molar-refractivity contribution in [3.63, 3.8) is 0 Å². The highest BCUT2D eigenvalue weighted by molar-refractivity contribution is 5.71. The van der Waals surface area contributed by atoms with Gasteiger partial charge in [-0.25, -0.2) is 9.37 Å². The van der Waals surface area contributed by atoms with E-state index in [0.717, 1.165) is 48.8 Å². The van der Waals surface area contributed by atoms with Gasteiger partial charge in [0.2, 0.25) is 5.88 Å². The fraction of sp³-hybridized carbons (Fsp3) is 0.385. The van der Waals surface area contributed by atoms with Gasteiger partial charge in [0.15, 0.2) is 5.82 Å². The Morgan fingerprint density at radius 3 is 2.65 bits per heavy atom. The molecule has 7 nitrogen and oxygen atoms in total. The van der Waals surface area contributed by atoms with Crippen molar-refractivity contribution in [2.75, 3.05) is 7.11 Å². The van der Waals surface area contributed by atoms with E-state index >= 15 is 0 Å². The van der Waals surface area contributed by atoms with Crippen LogP contribution in [-0.2, 0) is 11.2 Å². The largest absolute Gasteiger partial charge is 0.484 e. The SMILES string of the molecule is COc1cc(-c2cnc(C3CCc4ccc([C@H](C5CC5)[C@H](C)C(=O)O)cc4O3)cn2)c(F)cn1. The summed E-state index contributed by atoms with van der Waals surface area (Å²) in [5.41, 5.74) is 3.44. The first kappa shape index (κ1) is 22.3. The number of benzene rings is 1. The summed E-state index contributed by atoms with van der Waals surface area (Å²) in [6.45, 7) is 1.78. The van der Waals surface area contributed by atoms with Crippen molar-refractivity contribution in [1.29, 1.82) is 0 Å². The molecule has 1 unspecified atom stereocenters. The molecular weight excluding hydrogens is 437 g/mol. The Kier molecular flexibility index (Phi) is 5.89.